The van der Waals surface area contributed by atoms with Crippen molar-refractivity contribution in [2.45, 2.75) is 44.4 Å². The zero-order valence-electron chi connectivity index (χ0n) is 16.0. The number of carbonyl (C=O) groups is 1. The van der Waals surface area contributed by atoms with Gasteiger partial charge in [-0.15, -0.1) is 0 Å². The van der Waals surface area contributed by atoms with Crippen molar-refractivity contribution < 1.29 is 18.0 Å². The molecule has 1 aliphatic carbocycles. The van der Waals surface area contributed by atoms with Crippen LogP contribution in [0.1, 0.15) is 48.7 Å². The molecule has 158 valence electrons. The maximum atomic E-state index is 13.1. The molecule has 6 nitrogen and oxygen atoms in total. The first kappa shape index (κ1) is 20.5. The first-order valence-corrected chi connectivity index (χ1v) is 9.83. The number of rotatable bonds is 6. The molecule has 0 saturated heterocycles. The Kier molecular flexibility index (Phi) is 5.31. The number of aromatic nitrogens is 4. The number of halogens is 4. The lowest BCUT2D eigenvalue weighted by molar-refractivity contribution is -0.141. The van der Waals surface area contributed by atoms with Gasteiger partial charge in [-0.25, -0.2) is 0 Å². The van der Waals surface area contributed by atoms with Crippen LogP contribution in [0.4, 0.5) is 18.9 Å². The minimum atomic E-state index is -4.55. The summed E-state index contributed by atoms with van der Waals surface area (Å²) in [7, 11) is 0. The van der Waals surface area contributed by atoms with Crippen molar-refractivity contribution in [3.05, 3.63) is 64.7 Å². The van der Waals surface area contributed by atoms with Crippen LogP contribution in [0.2, 0.25) is 5.02 Å². The lowest BCUT2D eigenvalue weighted by atomic mass is 10.2. The van der Waals surface area contributed by atoms with E-state index in [9.17, 15) is 18.0 Å². The SMILES string of the molecule is CC(C(=O)Nc1cnn(Cc2ccc(Cl)cc2)c1)n1nc(C(F)(F)F)cc1C1CC1. The predicted molar refractivity (Wildman–Crippen MR) is 105 cm³/mol. The minimum Gasteiger partial charge on any atom is -0.322 e. The molecule has 2 aromatic heterocycles. The quantitative estimate of drug-likeness (QED) is 0.598. The largest absolute Gasteiger partial charge is 0.435 e. The molecular weight excluding hydrogens is 419 g/mol. The van der Waals surface area contributed by atoms with Gasteiger partial charge in [-0.2, -0.15) is 23.4 Å². The van der Waals surface area contributed by atoms with E-state index < -0.39 is 23.8 Å². The van der Waals surface area contributed by atoms with Crippen molar-refractivity contribution in [1.29, 1.82) is 0 Å². The minimum absolute atomic E-state index is 0.0194. The zero-order valence-corrected chi connectivity index (χ0v) is 16.8. The Morgan fingerprint density at radius 3 is 2.63 bits per heavy atom. The Labute approximate surface area is 175 Å². The van der Waals surface area contributed by atoms with Crippen molar-refractivity contribution in [2.24, 2.45) is 0 Å². The average molecular weight is 438 g/mol. The number of nitrogens with one attached hydrogen (secondary N) is 1. The molecule has 1 atom stereocenters. The standard InChI is InChI=1S/C20H19ClF3N5O/c1-12(29-17(14-4-5-14)8-18(27-29)20(22,23)24)19(30)26-16-9-25-28(11-16)10-13-2-6-15(21)7-3-13/h2-3,6-9,11-12,14H,4-5,10H2,1H3,(H,26,30). The number of hydrogen-bond donors (Lipinski definition) is 1. The lowest BCUT2D eigenvalue weighted by Crippen LogP contribution is -2.26. The van der Waals surface area contributed by atoms with Crippen LogP contribution in [0.3, 0.4) is 0 Å². The van der Waals surface area contributed by atoms with Gasteiger partial charge in [0.1, 0.15) is 6.04 Å². The van der Waals surface area contributed by atoms with E-state index in [1.54, 1.807) is 23.0 Å². The molecule has 0 radical (unpaired) electrons. The smallest absolute Gasteiger partial charge is 0.322 e. The van der Waals surface area contributed by atoms with E-state index >= 15 is 0 Å². The molecule has 0 bridgehead atoms. The van der Waals surface area contributed by atoms with Crippen LogP contribution in [-0.4, -0.2) is 25.5 Å². The summed E-state index contributed by atoms with van der Waals surface area (Å²) in [6, 6.07) is 7.46. The van der Waals surface area contributed by atoms with Crippen molar-refractivity contribution in [1.82, 2.24) is 19.6 Å². The highest BCUT2D eigenvalue weighted by Gasteiger charge is 2.39. The third kappa shape index (κ3) is 4.51. The second-order valence-corrected chi connectivity index (χ2v) is 7.83. The van der Waals surface area contributed by atoms with Crippen molar-refractivity contribution in [3.8, 4) is 0 Å². The molecule has 1 aliphatic rings. The fourth-order valence-electron chi connectivity index (χ4n) is 3.19. The molecule has 3 aromatic rings. The van der Waals surface area contributed by atoms with Gasteiger partial charge < -0.3 is 5.32 Å². The van der Waals surface area contributed by atoms with E-state index in [-0.39, 0.29) is 5.92 Å². The Morgan fingerprint density at radius 2 is 2.00 bits per heavy atom. The van der Waals surface area contributed by atoms with Gasteiger partial charge in [0, 0.05) is 22.8 Å². The van der Waals surface area contributed by atoms with Gasteiger partial charge in [0.05, 0.1) is 18.4 Å². The summed E-state index contributed by atoms with van der Waals surface area (Å²) in [5, 5.41) is 11.2. The summed E-state index contributed by atoms with van der Waals surface area (Å²) >= 11 is 5.88. The first-order valence-electron chi connectivity index (χ1n) is 9.45. The summed E-state index contributed by atoms with van der Waals surface area (Å²) in [4.78, 5) is 12.7. The predicted octanol–water partition coefficient (Wildman–Crippen LogP) is 4.88. The van der Waals surface area contributed by atoms with Gasteiger partial charge in [-0.1, -0.05) is 23.7 Å². The Bertz CT molecular complexity index is 1050. The molecule has 1 amide bonds. The summed E-state index contributed by atoms with van der Waals surface area (Å²) in [5.74, 6) is -0.439. The summed E-state index contributed by atoms with van der Waals surface area (Å²) in [6.07, 6.45) is 0.204. The fourth-order valence-corrected chi connectivity index (χ4v) is 3.32. The molecule has 4 rings (SSSR count). The van der Waals surface area contributed by atoms with Crippen molar-refractivity contribution in [3.63, 3.8) is 0 Å². The van der Waals surface area contributed by atoms with Gasteiger partial charge in [-0.3, -0.25) is 14.2 Å². The number of alkyl halides is 3. The lowest BCUT2D eigenvalue weighted by Gasteiger charge is -2.15. The maximum Gasteiger partial charge on any atom is 0.435 e. The second-order valence-electron chi connectivity index (χ2n) is 7.39. The normalized spacial score (nSPS) is 15.2. The molecule has 2 heterocycles. The molecule has 10 heteroatoms. The van der Waals surface area contributed by atoms with Gasteiger partial charge >= 0.3 is 6.18 Å². The van der Waals surface area contributed by atoms with E-state index in [0.29, 0.717) is 22.9 Å². The molecule has 30 heavy (non-hydrogen) atoms. The molecule has 0 spiro atoms. The number of hydrogen-bond acceptors (Lipinski definition) is 3. The molecule has 1 fully saturated rings. The van der Waals surface area contributed by atoms with Gasteiger partial charge in [0.25, 0.3) is 0 Å². The van der Waals surface area contributed by atoms with E-state index in [0.717, 1.165) is 24.5 Å². The van der Waals surface area contributed by atoms with Crippen LogP contribution in [-0.2, 0) is 17.5 Å². The maximum absolute atomic E-state index is 13.1. The van der Waals surface area contributed by atoms with Gasteiger partial charge in [-0.05, 0) is 43.5 Å². The Morgan fingerprint density at radius 1 is 1.30 bits per heavy atom. The highest BCUT2D eigenvalue weighted by molar-refractivity contribution is 6.30. The summed E-state index contributed by atoms with van der Waals surface area (Å²) in [6.45, 7) is 2.02. The van der Waals surface area contributed by atoms with Crippen LogP contribution >= 0.6 is 11.6 Å². The second kappa shape index (κ2) is 7.79. The monoisotopic (exact) mass is 437 g/mol. The Balaban J connectivity index is 1.46. The third-order valence-electron chi connectivity index (χ3n) is 4.96. The number of anilines is 1. The summed E-state index contributed by atoms with van der Waals surface area (Å²) < 4.78 is 42.1. The van der Waals surface area contributed by atoms with Crippen LogP contribution in [0.25, 0.3) is 0 Å². The first-order chi connectivity index (χ1) is 14.2. The van der Waals surface area contributed by atoms with E-state index in [4.69, 9.17) is 11.6 Å². The molecular formula is C20H19ClF3N5O. The van der Waals surface area contributed by atoms with Crippen LogP contribution in [0.5, 0.6) is 0 Å². The molecule has 1 N–H and O–H groups in total. The van der Waals surface area contributed by atoms with E-state index in [1.807, 2.05) is 12.1 Å². The highest BCUT2D eigenvalue weighted by atomic mass is 35.5. The molecule has 1 unspecified atom stereocenters. The number of amides is 1. The highest BCUT2D eigenvalue weighted by Crippen LogP contribution is 2.43. The van der Waals surface area contributed by atoms with E-state index in [1.165, 1.54) is 17.8 Å². The van der Waals surface area contributed by atoms with Crippen molar-refractivity contribution >= 4 is 23.2 Å². The van der Waals surface area contributed by atoms with Gasteiger partial charge in [0.2, 0.25) is 5.91 Å². The van der Waals surface area contributed by atoms with Crippen LogP contribution in [0, 0.1) is 0 Å². The van der Waals surface area contributed by atoms with Gasteiger partial charge in [0.15, 0.2) is 5.69 Å². The average Bonchev–Trinajstić information content (AvgIpc) is 3.27. The molecule has 0 aliphatic heterocycles. The third-order valence-corrected chi connectivity index (χ3v) is 5.21. The fraction of sp³-hybridized carbons (Fsp3) is 0.350. The van der Waals surface area contributed by atoms with Crippen LogP contribution < -0.4 is 5.32 Å². The molecule has 1 aromatic carbocycles. The number of carbonyl (C=O) groups excluding carboxylic acids is 1. The van der Waals surface area contributed by atoms with Crippen LogP contribution in [0.15, 0.2) is 42.7 Å². The van der Waals surface area contributed by atoms with Crippen molar-refractivity contribution in [2.75, 3.05) is 5.32 Å². The zero-order chi connectivity index (χ0) is 21.5. The van der Waals surface area contributed by atoms with E-state index in [2.05, 4.69) is 15.5 Å². The topological polar surface area (TPSA) is 64.7 Å². The number of benzene rings is 1. The number of nitrogens with zero attached hydrogens (tertiary/aromatic N) is 4. The Hall–Kier alpha value is -2.81. The summed E-state index contributed by atoms with van der Waals surface area (Å²) in [5.41, 5.74) is 0.916. The molecule has 1 saturated carbocycles.